The molecule has 2 fully saturated rings. The molecule has 1 aromatic heterocycles. The van der Waals surface area contributed by atoms with Gasteiger partial charge in [-0.1, -0.05) is 5.16 Å². The second kappa shape index (κ2) is 3.28. The second-order valence-corrected chi connectivity index (χ2v) is 4.53. The molecule has 15 heavy (non-hydrogen) atoms. The molecule has 82 valence electrons. The van der Waals surface area contributed by atoms with E-state index in [2.05, 4.69) is 10.1 Å². The number of hydrogen-bond acceptors (Lipinski definition) is 5. The molecule has 5 heteroatoms. The second-order valence-electron chi connectivity index (χ2n) is 4.53. The molecule has 2 N–H and O–H groups in total. The van der Waals surface area contributed by atoms with Gasteiger partial charge < -0.3 is 15.0 Å². The van der Waals surface area contributed by atoms with Crippen LogP contribution in [0.15, 0.2) is 4.52 Å². The molecule has 0 bridgehead atoms. The Balaban J connectivity index is 1.80. The van der Waals surface area contributed by atoms with Crippen LogP contribution in [0.4, 0.5) is 0 Å². The molecule has 1 aliphatic carbocycles. The van der Waals surface area contributed by atoms with Crippen LogP contribution in [0.25, 0.3) is 0 Å². The predicted molar refractivity (Wildman–Crippen MR) is 52.2 cm³/mol. The highest BCUT2D eigenvalue weighted by molar-refractivity contribution is 5.10. The number of rotatable bonds is 2. The van der Waals surface area contributed by atoms with Crippen LogP contribution in [0, 0.1) is 0 Å². The quantitative estimate of drug-likeness (QED) is 0.783. The summed E-state index contributed by atoms with van der Waals surface area (Å²) in [6, 6.07) is 0. The maximum Gasteiger partial charge on any atom is 0.232 e. The molecule has 2 heterocycles. The first-order valence-corrected chi connectivity index (χ1v) is 5.49. The maximum atomic E-state index is 6.12. The molecule has 1 aromatic rings. The van der Waals surface area contributed by atoms with Crippen LogP contribution >= 0.6 is 0 Å². The molecule has 1 saturated heterocycles. The van der Waals surface area contributed by atoms with Crippen LogP contribution in [0.1, 0.15) is 43.3 Å². The smallest absolute Gasteiger partial charge is 0.232 e. The Morgan fingerprint density at radius 1 is 1.40 bits per heavy atom. The van der Waals surface area contributed by atoms with E-state index in [1.807, 2.05) is 0 Å². The lowest BCUT2D eigenvalue weighted by Crippen LogP contribution is -2.44. The number of nitrogens with two attached hydrogens (primary N) is 1. The summed E-state index contributed by atoms with van der Waals surface area (Å²) in [5, 5.41) is 3.99. The Hall–Kier alpha value is -0.940. The molecule has 0 aromatic carbocycles. The van der Waals surface area contributed by atoms with Crippen molar-refractivity contribution >= 4 is 0 Å². The first kappa shape index (κ1) is 9.30. The molecule has 0 radical (unpaired) electrons. The number of nitrogens with zero attached hydrogens (tertiary/aromatic N) is 2. The van der Waals surface area contributed by atoms with Crippen molar-refractivity contribution in [1.29, 1.82) is 0 Å². The van der Waals surface area contributed by atoms with Crippen molar-refractivity contribution in [2.24, 2.45) is 5.73 Å². The van der Waals surface area contributed by atoms with Crippen molar-refractivity contribution in [3.8, 4) is 0 Å². The highest BCUT2D eigenvalue weighted by Gasteiger charge is 2.39. The van der Waals surface area contributed by atoms with E-state index < -0.39 is 0 Å². The van der Waals surface area contributed by atoms with Gasteiger partial charge in [0, 0.05) is 6.61 Å². The van der Waals surface area contributed by atoms with Crippen molar-refractivity contribution in [3.63, 3.8) is 0 Å². The molecule has 5 nitrogen and oxygen atoms in total. The fraction of sp³-hybridized carbons (Fsp3) is 0.800. The summed E-state index contributed by atoms with van der Waals surface area (Å²) in [4.78, 5) is 4.40. The van der Waals surface area contributed by atoms with Gasteiger partial charge in [0.1, 0.15) is 0 Å². The van der Waals surface area contributed by atoms with Gasteiger partial charge in [0.25, 0.3) is 0 Å². The fourth-order valence-corrected chi connectivity index (χ4v) is 2.11. The molecule has 3 rings (SSSR count). The molecule has 1 unspecified atom stereocenters. The minimum absolute atomic E-state index is 0.273. The molecule has 1 atom stereocenters. The van der Waals surface area contributed by atoms with Crippen molar-refractivity contribution in [1.82, 2.24) is 10.1 Å². The van der Waals surface area contributed by atoms with Gasteiger partial charge in [-0.15, -0.1) is 0 Å². The molecule has 2 aliphatic rings. The topological polar surface area (TPSA) is 74.2 Å². The Bertz CT molecular complexity index is 353. The average molecular weight is 209 g/mol. The van der Waals surface area contributed by atoms with Gasteiger partial charge in [-0.2, -0.15) is 4.98 Å². The monoisotopic (exact) mass is 209 g/mol. The highest BCUT2D eigenvalue weighted by Crippen LogP contribution is 2.37. The molecule has 0 amide bonds. The van der Waals surface area contributed by atoms with Gasteiger partial charge in [0.15, 0.2) is 5.82 Å². The third-order valence-corrected chi connectivity index (χ3v) is 3.41. The molecular formula is C10H15N3O2. The van der Waals surface area contributed by atoms with E-state index in [4.69, 9.17) is 15.0 Å². The molecular weight excluding hydrogens is 194 g/mol. The van der Waals surface area contributed by atoms with Gasteiger partial charge in [0.05, 0.1) is 18.1 Å². The van der Waals surface area contributed by atoms with Crippen LogP contribution in [0.3, 0.4) is 0 Å². The van der Waals surface area contributed by atoms with E-state index in [1.54, 1.807) is 0 Å². The summed E-state index contributed by atoms with van der Waals surface area (Å²) in [5.74, 6) is 1.64. The zero-order valence-electron chi connectivity index (χ0n) is 8.61. The van der Waals surface area contributed by atoms with Crippen LogP contribution in [-0.4, -0.2) is 23.4 Å². The summed E-state index contributed by atoms with van der Waals surface area (Å²) < 4.78 is 10.5. The lowest BCUT2D eigenvalue weighted by atomic mass is 9.77. The summed E-state index contributed by atoms with van der Waals surface area (Å²) in [6.45, 7) is 1.48. The van der Waals surface area contributed by atoms with Crippen LogP contribution in [0.5, 0.6) is 0 Å². The van der Waals surface area contributed by atoms with E-state index in [1.165, 1.54) is 0 Å². The van der Waals surface area contributed by atoms with E-state index in [0.29, 0.717) is 18.3 Å². The van der Waals surface area contributed by atoms with Crippen molar-refractivity contribution in [3.05, 3.63) is 11.7 Å². The van der Waals surface area contributed by atoms with Crippen LogP contribution < -0.4 is 5.73 Å². The summed E-state index contributed by atoms with van der Waals surface area (Å²) >= 11 is 0. The molecule has 0 spiro atoms. The third kappa shape index (κ3) is 1.46. The van der Waals surface area contributed by atoms with Gasteiger partial charge in [-0.25, -0.2) is 0 Å². The highest BCUT2D eigenvalue weighted by atomic mass is 16.5. The van der Waals surface area contributed by atoms with Crippen LogP contribution in [-0.2, 0) is 10.3 Å². The van der Waals surface area contributed by atoms with Gasteiger partial charge in [-0.05, 0) is 25.7 Å². The standard InChI is InChI=1S/C10H15N3O2/c11-10(3-1-4-10)9-12-8(15-13-9)7-2-5-14-6-7/h7H,1-6,11H2. The first-order chi connectivity index (χ1) is 7.28. The van der Waals surface area contributed by atoms with Gasteiger partial charge in [-0.3, -0.25) is 0 Å². The van der Waals surface area contributed by atoms with Crippen LogP contribution in [0.2, 0.25) is 0 Å². The Labute approximate surface area is 88.0 Å². The number of ether oxygens (including phenoxy) is 1. The lowest BCUT2D eigenvalue weighted by molar-refractivity contribution is 0.189. The minimum atomic E-state index is -0.318. The zero-order valence-corrected chi connectivity index (χ0v) is 8.61. The van der Waals surface area contributed by atoms with Crippen molar-refractivity contribution in [2.45, 2.75) is 37.1 Å². The summed E-state index contributed by atoms with van der Waals surface area (Å²) in [7, 11) is 0. The predicted octanol–water partition coefficient (Wildman–Crippen LogP) is 0.911. The number of aromatic nitrogens is 2. The van der Waals surface area contributed by atoms with E-state index in [9.17, 15) is 0 Å². The van der Waals surface area contributed by atoms with Crippen molar-refractivity contribution < 1.29 is 9.26 Å². The normalized spacial score (nSPS) is 29.0. The Morgan fingerprint density at radius 3 is 2.87 bits per heavy atom. The minimum Gasteiger partial charge on any atom is -0.381 e. The Kier molecular flexibility index (Phi) is 2.03. The maximum absolute atomic E-state index is 6.12. The van der Waals surface area contributed by atoms with E-state index in [0.717, 1.165) is 32.3 Å². The summed E-state index contributed by atoms with van der Waals surface area (Å²) in [6.07, 6.45) is 4.06. The largest absolute Gasteiger partial charge is 0.381 e. The average Bonchev–Trinajstić information content (AvgIpc) is 2.84. The third-order valence-electron chi connectivity index (χ3n) is 3.41. The summed E-state index contributed by atoms with van der Waals surface area (Å²) in [5.41, 5.74) is 5.80. The lowest BCUT2D eigenvalue weighted by Gasteiger charge is -2.34. The fourth-order valence-electron chi connectivity index (χ4n) is 2.11. The molecule has 1 saturated carbocycles. The number of hydrogen-bond donors (Lipinski definition) is 1. The van der Waals surface area contributed by atoms with Gasteiger partial charge in [0.2, 0.25) is 5.89 Å². The van der Waals surface area contributed by atoms with Crippen molar-refractivity contribution in [2.75, 3.05) is 13.2 Å². The van der Waals surface area contributed by atoms with Gasteiger partial charge >= 0.3 is 0 Å². The van der Waals surface area contributed by atoms with E-state index >= 15 is 0 Å². The first-order valence-electron chi connectivity index (χ1n) is 5.49. The SMILES string of the molecule is NC1(c2noc(C3CCOC3)n2)CCC1. The Morgan fingerprint density at radius 2 is 2.27 bits per heavy atom. The molecule has 1 aliphatic heterocycles. The van der Waals surface area contributed by atoms with E-state index in [-0.39, 0.29) is 11.5 Å². The zero-order chi connectivity index (χ0) is 10.3.